The van der Waals surface area contributed by atoms with Crippen LogP contribution in [0.4, 0.5) is 0 Å². The fourth-order valence-corrected chi connectivity index (χ4v) is 7.66. The van der Waals surface area contributed by atoms with Gasteiger partial charge in [0.1, 0.15) is 6.61 Å². The van der Waals surface area contributed by atoms with Crippen molar-refractivity contribution in [2.75, 3.05) is 26.4 Å². The minimum atomic E-state index is -4.40. The number of ether oxygens (including phenoxy) is 3. The van der Waals surface area contributed by atoms with Crippen molar-refractivity contribution in [2.24, 2.45) is 5.73 Å². The van der Waals surface area contributed by atoms with Gasteiger partial charge in [0.15, 0.2) is 6.10 Å². The Balaban J connectivity index is 2.17. The maximum Gasteiger partial charge on any atom is 0.472 e. The minimum Gasteiger partial charge on any atom is -0.462 e. The zero-order valence-electron chi connectivity index (χ0n) is 38.1. The van der Waals surface area contributed by atoms with E-state index in [2.05, 4.69) is 62.5 Å². The molecule has 0 aromatic heterocycles. The van der Waals surface area contributed by atoms with Crippen molar-refractivity contribution in [1.82, 2.24) is 0 Å². The smallest absolute Gasteiger partial charge is 0.462 e. The van der Waals surface area contributed by atoms with Crippen LogP contribution in [0.1, 0.15) is 206 Å². The molecule has 1 fully saturated rings. The highest BCUT2D eigenvalue weighted by Gasteiger charge is 2.36. The van der Waals surface area contributed by atoms with E-state index < -0.39 is 32.5 Å². The zero-order valence-corrected chi connectivity index (χ0v) is 39.0. The maximum absolute atomic E-state index is 12.7. The highest BCUT2D eigenvalue weighted by atomic mass is 31.2. The fourth-order valence-electron chi connectivity index (χ4n) is 6.89. The minimum absolute atomic E-state index is 0.0418. The summed E-state index contributed by atoms with van der Waals surface area (Å²) in [5.74, 6) is -0.903. The molecule has 348 valence electrons. The van der Waals surface area contributed by atoms with Crippen LogP contribution in [0.25, 0.3) is 0 Å². The third-order valence-electron chi connectivity index (χ3n) is 10.6. The van der Waals surface area contributed by atoms with Crippen LogP contribution in [0.3, 0.4) is 0 Å². The zero-order chi connectivity index (χ0) is 43.6. The van der Waals surface area contributed by atoms with Gasteiger partial charge in [-0.2, -0.15) is 0 Å². The summed E-state index contributed by atoms with van der Waals surface area (Å²) >= 11 is 0. The summed E-state index contributed by atoms with van der Waals surface area (Å²) in [4.78, 5) is 35.1. The predicted octanol–water partition coefficient (Wildman–Crippen LogP) is 13.3. The quantitative estimate of drug-likeness (QED) is 0.0199. The fraction of sp³-hybridized carbons (Fsp3) is 0.796. The van der Waals surface area contributed by atoms with Crippen molar-refractivity contribution >= 4 is 19.8 Å². The average Bonchev–Trinajstić information content (AvgIpc) is 3.99. The van der Waals surface area contributed by atoms with Gasteiger partial charge in [-0.3, -0.25) is 18.6 Å². The van der Waals surface area contributed by atoms with E-state index in [-0.39, 0.29) is 44.8 Å². The molecule has 0 radical (unpaired) electrons. The van der Waals surface area contributed by atoms with Crippen LogP contribution < -0.4 is 5.73 Å². The van der Waals surface area contributed by atoms with Gasteiger partial charge in [0.05, 0.1) is 25.4 Å². The van der Waals surface area contributed by atoms with Gasteiger partial charge in [0.25, 0.3) is 0 Å². The summed E-state index contributed by atoms with van der Waals surface area (Å²) in [6, 6.07) is 0. The first-order chi connectivity index (χ1) is 29.3. The number of phosphoric ester groups is 1. The van der Waals surface area contributed by atoms with E-state index in [0.29, 0.717) is 12.8 Å². The molecule has 4 atom stereocenters. The number of allylic oxidation sites excluding steroid dienone is 7. The average molecular weight is 866 g/mol. The molecule has 0 saturated carbocycles. The number of phosphoric acid groups is 1. The third-order valence-corrected chi connectivity index (χ3v) is 11.6. The molecular formula is C49H88NO9P. The van der Waals surface area contributed by atoms with E-state index in [4.69, 9.17) is 29.0 Å². The molecular weight excluding hydrogens is 778 g/mol. The number of carbonyl (C=O) groups excluding carboxylic acids is 2. The highest BCUT2D eigenvalue weighted by molar-refractivity contribution is 7.47. The Labute approximate surface area is 366 Å². The largest absolute Gasteiger partial charge is 0.472 e. The molecule has 0 spiro atoms. The van der Waals surface area contributed by atoms with Gasteiger partial charge in [0, 0.05) is 19.4 Å². The lowest BCUT2D eigenvalue weighted by atomic mass is 10.0. The van der Waals surface area contributed by atoms with Crippen LogP contribution in [0.2, 0.25) is 0 Å². The normalized spacial score (nSPS) is 17.0. The highest BCUT2D eigenvalue weighted by Crippen LogP contribution is 2.43. The van der Waals surface area contributed by atoms with Gasteiger partial charge in [-0.1, -0.05) is 165 Å². The van der Waals surface area contributed by atoms with Crippen LogP contribution in [0.15, 0.2) is 48.6 Å². The van der Waals surface area contributed by atoms with Gasteiger partial charge >= 0.3 is 19.8 Å². The van der Waals surface area contributed by atoms with E-state index in [0.717, 1.165) is 44.9 Å². The summed E-state index contributed by atoms with van der Waals surface area (Å²) in [6.07, 6.45) is 50.2. The van der Waals surface area contributed by atoms with Gasteiger partial charge in [-0.15, -0.1) is 0 Å². The third kappa shape index (κ3) is 37.7. The number of carbonyl (C=O) groups is 2. The molecule has 0 aromatic carbocycles. The first-order valence-corrected chi connectivity index (χ1v) is 25.7. The molecule has 3 unspecified atom stereocenters. The number of epoxide rings is 1. The molecule has 1 aliphatic rings. The lowest BCUT2D eigenvalue weighted by Crippen LogP contribution is -2.29. The van der Waals surface area contributed by atoms with Crippen LogP contribution in [-0.4, -0.2) is 61.5 Å². The molecule has 1 heterocycles. The Kier molecular flexibility index (Phi) is 38.2. The van der Waals surface area contributed by atoms with E-state index in [9.17, 15) is 19.0 Å². The Morgan fingerprint density at radius 2 is 1.08 bits per heavy atom. The molecule has 1 aliphatic heterocycles. The lowest BCUT2D eigenvalue weighted by Gasteiger charge is -2.19. The van der Waals surface area contributed by atoms with E-state index in [1.807, 2.05) is 0 Å². The van der Waals surface area contributed by atoms with Gasteiger partial charge < -0.3 is 24.8 Å². The number of rotatable bonds is 44. The Bertz CT molecular complexity index is 1190. The van der Waals surface area contributed by atoms with Gasteiger partial charge in [-0.05, 0) is 77.0 Å². The molecule has 3 N–H and O–H groups in total. The van der Waals surface area contributed by atoms with E-state index in [1.54, 1.807) is 0 Å². The summed E-state index contributed by atoms with van der Waals surface area (Å²) in [7, 11) is -4.40. The van der Waals surface area contributed by atoms with Crippen molar-refractivity contribution in [3.05, 3.63) is 48.6 Å². The Morgan fingerprint density at radius 1 is 0.600 bits per heavy atom. The SMILES string of the molecule is CCCCC/C=C\C/C=C\C/C=C\CC1OC1CCCC(=O)OC[C@H](COP(=O)(O)OCCN)OC(=O)CCCCCCCCCCCCC/C=C\CCCCCCCC. The van der Waals surface area contributed by atoms with Crippen LogP contribution in [0.5, 0.6) is 0 Å². The Morgan fingerprint density at radius 3 is 1.68 bits per heavy atom. The van der Waals surface area contributed by atoms with Crippen molar-refractivity contribution in [2.45, 2.75) is 225 Å². The molecule has 0 aliphatic carbocycles. The van der Waals surface area contributed by atoms with Crippen molar-refractivity contribution in [3.8, 4) is 0 Å². The van der Waals surface area contributed by atoms with Crippen molar-refractivity contribution < 1.29 is 42.3 Å². The lowest BCUT2D eigenvalue weighted by molar-refractivity contribution is -0.161. The second-order valence-electron chi connectivity index (χ2n) is 16.4. The number of esters is 2. The number of unbranched alkanes of at least 4 members (excludes halogenated alkanes) is 20. The standard InChI is InChI=1S/C49H88NO9P/c1-3-5-7-9-11-13-15-17-18-19-20-21-22-23-24-25-27-29-31-33-35-39-49(52)58-45(44-57-60(53,54)56-42-41-50)43-55-48(51)40-36-38-47-46(59-47)37-34-32-30-28-26-16-14-12-10-8-6-4-2/h12,14,17-18,26,28,32,34,45-47H,3-11,13,15-16,19-25,27,29-31,33,35-44,50H2,1-2H3,(H,53,54)/b14-12-,18-17-,28-26-,34-32-/t45-,46?,47?/m1/s1. The summed E-state index contributed by atoms with van der Waals surface area (Å²) in [5.41, 5.74) is 5.36. The van der Waals surface area contributed by atoms with E-state index >= 15 is 0 Å². The van der Waals surface area contributed by atoms with E-state index in [1.165, 1.54) is 122 Å². The topological polar surface area (TPSA) is 147 Å². The first kappa shape index (κ1) is 55.9. The molecule has 11 heteroatoms. The predicted molar refractivity (Wildman–Crippen MR) is 247 cm³/mol. The monoisotopic (exact) mass is 866 g/mol. The molecule has 60 heavy (non-hydrogen) atoms. The van der Waals surface area contributed by atoms with Gasteiger partial charge in [0.2, 0.25) is 0 Å². The van der Waals surface area contributed by atoms with Crippen LogP contribution in [0, 0.1) is 0 Å². The van der Waals surface area contributed by atoms with Crippen molar-refractivity contribution in [1.29, 1.82) is 0 Å². The maximum atomic E-state index is 12.7. The van der Waals surface area contributed by atoms with Gasteiger partial charge in [-0.25, -0.2) is 4.57 Å². The Hall–Kier alpha value is -2.07. The molecule has 1 rings (SSSR count). The summed E-state index contributed by atoms with van der Waals surface area (Å²) < 4.78 is 38.7. The number of hydrogen-bond donors (Lipinski definition) is 2. The first-order valence-electron chi connectivity index (χ1n) is 24.2. The second kappa shape index (κ2) is 41.0. The van der Waals surface area contributed by atoms with Crippen LogP contribution >= 0.6 is 7.82 Å². The molecule has 1 saturated heterocycles. The molecule has 0 bridgehead atoms. The molecule has 0 amide bonds. The van der Waals surface area contributed by atoms with Crippen molar-refractivity contribution in [3.63, 3.8) is 0 Å². The summed E-state index contributed by atoms with van der Waals surface area (Å²) in [6.45, 7) is 3.63. The number of hydrogen-bond acceptors (Lipinski definition) is 9. The molecule has 0 aromatic rings. The molecule has 10 nitrogen and oxygen atoms in total. The summed E-state index contributed by atoms with van der Waals surface area (Å²) in [5, 5.41) is 0. The van der Waals surface area contributed by atoms with Crippen LogP contribution in [-0.2, 0) is 37.4 Å². The number of nitrogens with two attached hydrogens (primary N) is 1. The second-order valence-corrected chi connectivity index (χ2v) is 17.8.